The third-order valence-corrected chi connectivity index (χ3v) is 1.81. The number of hydrogen-bond donors (Lipinski definition) is 1. The first kappa shape index (κ1) is 13.7. The molecule has 1 N–H and O–H groups in total. The SMILES string of the molecule is CC(C)(C)OS(=O)(=O)OOS(=O)(=O)O. The van der Waals surface area contributed by atoms with Crippen molar-refractivity contribution < 1.29 is 34.2 Å². The van der Waals surface area contributed by atoms with Crippen molar-refractivity contribution in [3.8, 4) is 0 Å². The lowest BCUT2D eigenvalue weighted by Gasteiger charge is -2.16. The van der Waals surface area contributed by atoms with Gasteiger partial charge in [0.25, 0.3) is 0 Å². The molecule has 0 aliphatic carbocycles. The van der Waals surface area contributed by atoms with Crippen LogP contribution in [0.2, 0.25) is 0 Å². The van der Waals surface area contributed by atoms with Crippen molar-refractivity contribution in [2.45, 2.75) is 26.4 Å². The zero-order chi connectivity index (χ0) is 11.6. The average Bonchev–Trinajstić information content (AvgIpc) is 1.76. The fourth-order valence-corrected chi connectivity index (χ4v) is 1.58. The molecule has 0 aromatic carbocycles. The smallest absolute Gasteiger partial charge is 0.262 e. The predicted octanol–water partition coefficient (Wildman–Crippen LogP) is -0.203. The minimum atomic E-state index is -4.99. The molecule has 10 heteroatoms. The second kappa shape index (κ2) is 4.08. The molecule has 0 unspecified atom stereocenters. The van der Waals surface area contributed by atoms with Crippen LogP contribution in [0.4, 0.5) is 0 Å². The molecule has 0 atom stereocenters. The van der Waals surface area contributed by atoms with Crippen molar-refractivity contribution in [2.24, 2.45) is 0 Å². The highest BCUT2D eigenvalue weighted by Gasteiger charge is 2.25. The van der Waals surface area contributed by atoms with Crippen LogP contribution in [-0.2, 0) is 33.6 Å². The van der Waals surface area contributed by atoms with Gasteiger partial charge in [0.1, 0.15) is 0 Å². The van der Waals surface area contributed by atoms with Crippen LogP contribution in [-0.4, -0.2) is 27.0 Å². The van der Waals surface area contributed by atoms with E-state index in [9.17, 15) is 16.8 Å². The van der Waals surface area contributed by atoms with Crippen LogP contribution in [0.5, 0.6) is 0 Å². The molecule has 0 fully saturated rings. The summed E-state index contributed by atoms with van der Waals surface area (Å²) < 4.78 is 60.2. The average molecular weight is 250 g/mol. The molecular weight excluding hydrogens is 240 g/mol. The van der Waals surface area contributed by atoms with E-state index in [1.165, 1.54) is 20.8 Å². The van der Waals surface area contributed by atoms with Crippen molar-refractivity contribution in [3.63, 3.8) is 0 Å². The summed E-state index contributed by atoms with van der Waals surface area (Å²) in [7, 11) is -9.63. The van der Waals surface area contributed by atoms with Crippen LogP contribution in [0.25, 0.3) is 0 Å². The summed E-state index contributed by atoms with van der Waals surface area (Å²) in [6, 6.07) is 0. The molecule has 0 spiro atoms. The molecule has 0 aromatic heterocycles. The molecule has 0 bridgehead atoms. The summed E-state index contributed by atoms with van der Waals surface area (Å²) in [5.74, 6) is 0. The van der Waals surface area contributed by atoms with Gasteiger partial charge in [-0.15, -0.1) is 0 Å². The van der Waals surface area contributed by atoms with E-state index >= 15 is 0 Å². The van der Waals surface area contributed by atoms with Gasteiger partial charge < -0.3 is 0 Å². The van der Waals surface area contributed by atoms with Gasteiger partial charge in [-0.2, -0.15) is 16.8 Å². The Morgan fingerprint density at radius 1 is 1.00 bits per heavy atom. The molecular formula is C4H10O8S2. The highest BCUT2D eigenvalue weighted by Crippen LogP contribution is 2.13. The van der Waals surface area contributed by atoms with E-state index in [0.717, 1.165) is 0 Å². The highest BCUT2D eigenvalue weighted by atomic mass is 32.3. The second-order valence-corrected chi connectivity index (χ2v) is 5.28. The first-order chi connectivity index (χ1) is 5.91. The van der Waals surface area contributed by atoms with Gasteiger partial charge >= 0.3 is 20.8 Å². The Morgan fingerprint density at radius 3 is 1.71 bits per heavy atom. The Balaban J connectivity index is 4.39. The Bertz CT molecular complexity index is 370. The molecule has 0 radical (unpaired) electrons. The fourth-order valence-electron chi connectivity index (χ4n) is 0.389. The lowest BCUT2D eigenvalue weighted by Crippen LogP contribution is -2.26. The summed E-state index contributed by atoms with van der Waals surface area (Å²) in [6.07, 6.45) is 0. The molecule has 0 rings (SSSR count). The van der Waals surface area contributed by atoms with Crippen molar-refractivity contribution in [1.29, 1.82) is 0 Å². The summed E-state index contributed by atoms with van der Waals surface area (Å²) in [6.45, 7) is 4.17. The van der Waals surface area contributed by atoms with E-state index < -0.39 is 26.4 Å². The third kappa shape index (κ3) is 8.34. The normalized spacial score (nSPS) is 14.3. The zero-order valence-corrected chi connectivity index (χ0v) is 9.25. The van der Waals surface area contributed by atoms with Crippen LogP contribution in [0, 0.1) is 0 Å². The van der Waals surface area contributed by atoms with Crippen molar-refractivity contribution in [1.82, 2.24) is 0 Å². The molecule has 86 valence electrons. The van der Waals surface area contributed by atoms with Crippen LogP contribution >= 0.6 is 0 Å². The first-order valence-electron chi connectivity index (χ1n) is 3.22. The van der Waals surface area contributed by atoms with Crippen molar-refractivity contribution >= 4 is 20.8 Å². The second-order valence-electron chi connectivity index (χ2n) is 3.17. The van der Waals surface area contributed by atoms with E-state index in [-0.39, 0.29) is 0 Å². The van der Waals surface area contributed by atoms with Crippen molar-refractivity contribution in [2.75, 3.05) is 0 Å². The molecule has 0 amide bonds. The molecule has 0 heterocycles. The molecule has 0 saturated carbocycles. The molecule has 0 saturated heterocycles. The van der Waals surface area contributed by atoms with E-state index in [4.69, 9.17) is 4.55 Å². The van der Waals surface area contributed by atoms with Crippen LogP contribution in [0.15, 0.2) is 0 Å². The minimum Gasteiger partial charge on any atom is -0.262 e. The van der Waals surface area contributed by atoms with Gasteiger partial charge in [-0.1, -0.05) is 8.67 Å². The number of hydrogen-bond acceptors (Lipinski definition) is 7. The molecule has 0 aliphatic rings. The summed E-state index contributed by atoms with van der Waals surface area (Å²) >= 11 is 0. The largest absolute Gasteiger partial charge is 0.428 e. The van der Waals surface area contributed by atoms with Crippen LogP contribution in [0.1, 0.15) is 20.8 Å². The van der Waals surface area contributed by atoms with Crippen LogP contribution in [0.3, 0.4) is 0 Å². The standard InChI is InChI=1S/C4H10O8S2/c1-4(2,3)10-14(8,9)12-11-13(5,6)7/h1-3H3,(H,5,6,7). The maximum atomic E-state index is 10.7. The quantitative estimate of drug-likeness (QED) is 0.414. The zero-order valence-electron chi connectivity index (χ0n) is 7.62. The number of rotatable bonds is 4. The Kier molecular flexibility index (Phi) is 4.01. The van der Waals surface area contributed by atoms with Gasteiger partial charge in [0.2, 0.25) is 0 Å². The maximum Gasteiger partial charge on any atom is 0.428 e. The summed E-state index contributed by atoms with van der Waals surface area (Å²) in [4.78, 5) is 0. The Labute approximate surface area is 82.0 Å². The van der Waals surface area contributed by atoms with Gasteiger partial charge in [0.05, 0.1) is 5.60 Å². The lowest BCUT2D eigenvalue weighted by molar-refractivity contribution is -0.115. The summed E-state index contributed by atoms with van der Waals surface area (Å²) in [5, 5.41) is 0. The Hall–Kier alpha value is -0.260. The van der Waals surface area contributed by atoms with E-state index in [0.29, 0.717) is 0 Å². The molecule has 0 aliphatic heterocycles. The Morgan fingerprint density at radius 2 is 1.43 bits per heavy atom. The van der Waals surface area contributed by atoms with Gasteiger partial charge in [0, 0.05) is 0 Å². The molecule has 8 nitrogen and oxygen atoms in total. The lowest BCUT2D eigenvalue weighted by atomic mass is 10.2. The van der Waals surface area contributed by atoms with E-state index in [2.05, 4.69) is 12.9 Å². The van der Waals surface area contributed by atoms with E-state index in [1.54, 1.807) is 0 Å². The van der Waals surface area contributed by atoms with Gasteiger partial charge in [-0.05, 0) is 20.8 Å². The predicted molar refractivity (Wildman–Crippen MR) is 43.5 cm³/mol. The van der Waals surface area contributed by atoms with Gasteiger partial charge in [-0.3, -0.25) is 4.55 Å². The fraction of sp³-hybridized carbons (Fsp3) is 1.00. The van der Waals surface area contributed by atoms with E-state index in [1.807, 2.05) is 0 Å². The third-order valence-electron chi connectivity index (χ3n) is 0.549. The molecule has 0 aromatic rings. The van der Waals surface area contributed by atoms with Crippen molar-refractivity contribution in [3.05, 3.63) is 0 Å². The molecule has 14 heavy (non-hydrogen) atoms. The topological polar surface area (TPSA) is 116 Å². The van der Waals surface area contributed by atoms with Gasteiger partial charge in [-0.25, -0.2) is 4.18 Å². The highest BCUT2D eigenvalue weighted by molar-refractivity contribution is 7.83. The maximum absolute atomic E-state index is 10.7. The van der Waals surface area contributed by atoms with Gasteiger partial charge in [0.15, 0.2) is 0 Å². The van der Waals surface area contributed by atoms with Crippen LogP contribution < -0.4 is 0 Å². The first-order valence-corrected chi connectivity index (χ1v) is 5.92. The monoisotopic (exact) mass is 250 g/mol. The summed E-state index contributed by atoms with van der Waals surface area (Å²) in [5.41, 5.74) is -1.11. The minimum absolute atomic E-state index is 1.11.